The molecule has 0 aromatic carbocycles. The molecule has 50 valence electrons. The molecule has 0 heterocycles. The van der Waals surface area contributed by atoms with Crippen molar-refractivity contribution in [2.75, 3.05) is 0 Å². The second-order valence-electron chi connectivity index (χ2n) is 1.45. The summed E-state index contributed by atoms with van der Waals surface area (Å²) in [6.07, 6.45) is 0. The van der Waals surface area contributed by atoms with Gasteiger partial charge in [0.1, 0.15) is 11.4 Å². The monoisotopic (exact) mass is 146 g/mol. The van der Waals surface area contributed by atoms with Gasteiger partial charge in [0.15, 0.2) is 5.78 Å². The van der Waals surface area contributed by atoms with Crippen LogP contribution in [0.15, 0.2) is 10.2 Å². The zero-order valence-corrected chi connectivity index (χ0v) is 6.01. The summed E-state index contributed by atoms with van der Waals surface area (Å²) in [6.45, 7) is 2.99. The van der Waals surface area contributed by atoms with Crippen LogP contribution in [0.4, 0.5) is 0 Å². The van der Waals surface area contributed by atoms with E-state index in [4.69, 9.17) is 11.6 Å². The van der Waals surface area contributed by atoms with Crippen LogP contribution < -0.4 is 0 Å². The molecular weight excluding hydrogens is 140 g/mol. The van der Waals surface area contributed by atoms with E-state index < -0.39 is 0 Å². The normalized spacial score (nSPS) is 12.6. The Morgan fingerprint density at radius 3 is 2.44 bits per heavy atom. The van der Waals surface area contributed by atoms with Gasteiger partial charge in [-0.3, -0.25) is 4.79 Å². The molecule has 0 rings (SSSR count). The summed E-state index contributed by atoms with van der Waals surface area (Å²) in [7, 11) is 0. The molecule has 0 aromatic heterocycles. The van der Waals surface area contributed by atoms with Gasteiger partial charge in [-0.1, -0.05) is 11.6 Å². The molecule has 0 aliphatic carbocycles. The van der Waals surface area contributed by atoms with Crippen LogP contribution in [-0.4, -0.2) is 17.2 Å². The number of carbonyl (C=O) groups excluding carboxylic acids is 1. The summed E-state index contributed by atoms with van der Waals surface area (Å²) < 4.78 is 0. The van der Waals surface area contributed by atoms with E-state index in [0.29, 0.717) is 5.71 Å². The summed E-state index contributed by atoms with van der Waals surface area (Å²) in [5, 5.41) is 6.75. The standard InChI is InChI=1S/C5H7ClN2O/c1-4(5(2)9)8-7-3-6/h3H,1-2H3/b7-3-,8-4-. The second-order valence-corrected chi connectivity index (χ2v) is 1.65. The van der Waals surface area contributed by atoms with Crippen molar-refractivity contribution in [3.63, 3.8) is 0 Å². The number of rotatable bonds is 2. The third kappa shape index (κ3) is 3.85. The Balaban J connectivity index is 4.00. The molecule has 0 saturated carbocycles. The highest BCUT2D eigenvalue weighted by atomic mass is 35.5. The van der Waals surface area contributed by atoms with Gasteiger partial charge in [-0.05, 0) is 6.92 Å². The van der Waals surface area contributed by atoms with Crippen LogP contribution in [0.3, 0.4) is 0 Å². The van der Waals surface area contributed by atoms with Crippen molar-refractivity contribution in [2.24, 2.45) is 10.2 Å². The first-order valence-electron chi connectivity index (χ1n) is 2.35. The molecule has 0 bridgehead atoms. The molecule has 0 aromatic rings. The smallest absolute Gasteiger partial charge is 0.175 e. The summed E-state index contributed by atoms with van der Waals surface area (Å²) >= 11 is 5.04. The minimum Gasteiger partial charge on any atom is -0.293 e. The van der Waals surface area contributed by atoms with Crippen molar-refractivity contribution >= 4 is 28.8 Å². The van der Waals surface area contributed by atoms with Gasteiger partial charge in [0.2, 0.25) is 0 Å². The number of halogens is 1. The number of carbonyl (C=O) groups is 1. The third-order valence-electron chi connectivity index (χ3n) is 0.761. The maximum atomic E-state index is 10.4. The van der Waals surface area contributed by atoms with E-state index in [1.54, 1.807) is 6.92 Å². The molecule has 0 spiro atoms. The van der Waals surface area contributed by atoms with E-state index in [0.717, 1.165) is 5.67 Å². The zero-order valence-electron chi connectivity index (χ0n) is 5.26. The second kappa shape index (κ2) is 4.21. The lowest BCUT2D eigenvalue weighted by molar-refractivity contribution is -0.111. The molecule has 3 nitrogen and oxygen atoms in total. The first-order valence-corrected chi connectivity index (χ1v) is 2.79. The van der Waals surface area contributed by atoms with E-state index >= 15 is 0 Å². The van der Waals surface area contributed by atoms with E-state index in [9.17, 15) is 4.79 Å². The molecule has 0 unspecified atom stereocenters. The van der Waals surface area contributed by atoms with E-state index in [-0.39, 0.29) is 5.78 Å². The molecule has 9 heavy (non-hydrogen) atoms. The Labute approximate surface area is 58.4 Å². The highest BCUT2D eigenvalue weighted by Gasteiger charge is 1.94. The zero-order chi connectivity index (χ0) is 7.28. The quantitative estimate of drug-likeness (QED) is 0.427. The molecule has 0 saturated heterocycles. The molecular formula is C5H7ClN2O. The summed E-state index contributed by atoms with van der Waals surface area (Å²) in [5.41, 5.74) is 1.36. The van der Waals surface area contributed by atoms with Gasteiger partial charge in [-0.2, -0.15) is 5.10 Å². The van der Waals surface area contributed by atoms with Gasteiger partial charge in [0, 0.05) is 6.92 Å². The Kier molecular flexibility index (Phi) is 3.88. The fraction of sp³-hybridized carbons (Fsp3) is 0.400. The van der Waals surface area contributed by atoms with Crippen LogP contribution in [-0.2, 0) is 4.79 Å². The lowest BCUT2D eigenvalue weighted by Gasteiger charge is -1.84. The Bertz CT molecular complexity index is 162. The van der Waals surface area contributed by atoms with Crippen molar-refractivity contribution in [1.82, 2.24) is 0 Å². The van der Waals surface area contributed by atoms with Gasteiger partial charge < -0.3 is 0 Å². The highest BCUT2D eigenvalue weighted by Crippen LogP contribution is 1.80. The largest absolute Gasteiger partial charge is 0.293 e. The number of hydrogen-bond acceptors (Lipinski definition) is 3. The predicted molar refractivity (Wildman–Crippen MR) is 38.1 cm³/mol. The Morgan fingerprint density at radius 2 is 2.11 bits per heavy atom. The molecule has 0 N–H and O–H groups in total. The average Bonchev–Trinajstić information content (AvgIpc) is 1.82. The van der Waals surface area contributed by atoms with E-state index in [1.165, 1.54) is 6.92 Å². The minimum absolute atomic E-state index is 0.0998. The van der Waals surface area contributed by atoms with Crippen molar-refractivity contribution in [3.8, 4) is 0 Å². The van der Waals surface area contributed by atoms with Gasteiger partial charge in [-0.25, -0.2) is 0 Å². The number of Topliss-reactive ketones (excluding diaryl/α,β-unsaturated/α-hetero) is 1. The highest BCUT2D eigenvalue weighted by molar-refractivity contribution is 6.56. The van der Waals surface area contributed by atoms with Gasteiger partial charge in [0.05, 0.1) is 0 Å². The maximum absolute atomic E-state index is 10.4. The van der Waals surface area contributed by atoms with Gasteiger partial charge >= 0.3 is 0 Å². The molecule has 0 aliphatic heterocycles. The van der Waals surface area contributed by atoms with Crippen LogP contribution >= 0.6 is 11.6 Å². The fourth-order valence-corrected chi connectivity index (χ4v) is 0.222. The molecule has 0 amide bonds. The van der Waals surface area contributed by atoms with Crippen LogP contribution in [0, 0.1) is 0 Å². The summed E-state index contributed by atoms with van der Waals surface area (Å²) in [4.78, 5) is 10.4. The molecule has 0 aliphatic rings. The molecule has 0 atom stereocenters. The van der Waals surface area contributed by atoms with Gasteiger partial charge in [-0.15, -0.1) is 5.10 Å². The molecule has 0 fully saturated rings. The average molecular weight is 147 g/mol. The summed E-state index contributed by atoms with van der Waals surface area (Å²) in [6, 6.07) is 0. The van der Waals surface area contributed by atoms with Crippen molar-refractivity contribution in [1.29, 1.82) is 0 Å². The first-order chi connectivity index (χ1) is 4.18. The van der Waals surface area contributed by atoms with Crippen LogP contribution in [0.5, 0.6) is 0 Å². The van der Waals surface area contributed by atoms with E-state index in [1.807, 2.05) is 0 Å². The van der Waals surface area contributed by atoms with Crippen molar-refractivity contribution < 1.29 is 4.79 Å². The van der Waals surface area contributed by atoms with Crippen molar-refractivity contribution in [3.05, 3.63) is 0 Å². The van der Waals surface area contributed by atoms with Gasteiger partial charge in [0.25, 0.3) is 0 Å². The van der Waals surface area contributed by atoms with Crippen LogP contribution in [0.2, 0.25) is 0 Å². The summed E-state index contributed by atoms with van der Waals surface area (Å²) in [5.74, 6) is -0.0998. The third-order valence-corrected chi connectivity index (χ3v) is 0.848. The van der Waals surface area contributed by atoms with Crippen LogP contribution in [0.25, 0.3) is 0 Å². The molecule has 4 heteroatoms. The number of ketones is 1. The Hall–Kier alpha value is -0.700. The number of hydrogen-bond donors (Lipinski definition) is 0. The number of nitrogens with zero attached hydrogens (tertiary/aromatic N) is 2. The molecule has 0 radical (unpaired) electrons. The minimum atomic E-state index is -0.0998. The lowest BCUT2D eigenvalue weighted by atomic mass is 10.3. The van der Waals surface area contributed by atoms with Crippen LogP contribution in [0.1, 0.15) is 13.8 Å². The predicted octanol–water partition coefficient (Wildman–Crippen LogP) is 1.22. The fourth-order valence-electron chi connectivity index (χ4n) is 0.179. The first kappa shape index (κ1) is 8.30. The van der Waals surface area contributed by atoms with E-state index in [2.05, 4.69) is 10.2 Å². The SMILES string of the molecule is CC(=O)/C(C)=N\N=C/Cl. The topological polar surface area (TPSA) is 41.8 Å². The maximum Gasteiger partial charge on any atom is 0.175 e. The Morgan fingerprint density at radius 1 is 1.56 bits per heavy atom. The van der Waals surface area contributed by atoms with Crippen molar-refractivity contribution in [2.45, 2.75) is 13.8 Å². The lowest BCUT2D eigenvalue weighted by Crippen LogP contribution is -2.02.